The van der Waals surface area contributed by atoms with Gasteiger partial charge < -0.3 is 0 Å². The first-order valence-corrected chi connectivity index (χ1v) is 7.24. The molecule has 0 unspecified atom stereocenters. The summed E-state index contributed by atoms with van der Waals surface area (Å²) in [5, 5.41) is 4.10. The van der Waals surface area contributed by atoms with Crippen LogP contribution in [0.5, 0.6) is 0 Å². The minimum absolute atomic E-state index is 0.0721. The van der Waals surface area contributed by atoms with Gasteiger partial charge in [0, 0.05) is 11.8 Å². The number of hydrogen-bond donors (Lipinski definition) is 1. The molecule has 4 heteroatoms. The van der Waals surface area contributed by atoms with Crippen LogP contribution in [0.4, 0.5) is 0 Å². The quantitative estimate of drug-likeness (QED) is 0.695. The van der Waals surface area contributed by atoms with Gasteiger partial charge in [-0.15, -0.1) is 0 Å². The lowest BCUT2D eigenvalue weighted by Crippen LogP contribution is -2.20. The molecule has 2 rings (SSSR count). The summed E-state index contributed by atoms with van der Waals surface area (Å²) in [7, 11) is 0. The number of hydrogen-bond acceptors (Lipinski definition) is 3. The maximum Gasteiger partial charge on any atom is 0.271 e. The lowest BCUT2D eigenvalue weighted by molar-refractivity contribution is 0.0955. The van der Waals surface area contributed by atoms with E-state index in [1.54, 1.807) is 6.20 Å². The molecule has 0 saturated carbocycles. The van der Waals surface area contributed by atoms with Crippen molar-refractivity contribution >= 4 is 11.6 Å². The Morgan fingerprint density at radius 1 is 1.09 bits per heavy atom. The highest BCUT2D eigenvalue weighted by Crippen LogP contribution is 2.22. The van der Waals surface area contributed by atoms with Crippen LogP contribution in [0.2, 0.25) is 0 Å². The van der Waals surface area contributed by atoms with Crippen molar-refractivity contribution in [3.63, 3.8) is 0 Å². The molecule has 0 atom stereocenters. The van der Waals surface area contributed by atoms with Gasteiger partial charge >= 0.3 is 0 Å². The number of carbonyl (C=O) groups is 1. The fourth-order valence-corrected chi connectivity index (χ4v) is 1.95. The van der Waals surface area contributed by atoms with Crippen LogP contribution in [0.15, 0.2) is 53.8 Å². The van der Waals surface area contributed by atoms with Crippen molar-refractivity contribution in [1.82, 2.24) is 10.4 Å². The fourth-order valence-electron chi connectivity index (χ4n) is 1.95. The fraction of sp³-hybridized carbons (Fsp3) is 0.278. The van der Waals surface area contributed by atoms with Crippen LogP contribution in [0, 0.1) is 0 Å². The summed E-state index contributed by atoms with van der Waals surface area (Å²) < 4.78 is 0. The number of pyridine rings is 1. The first kappa shape index (κ1) is 15.9. The van der Waals surface area contributed by atoms with Crippen LogP contribution in [-0.4, -0.2) is 16.6 Å². The molecule has 1 N–H and O–H groups in total. The molecule has 0 bridgehead atoms. The van der Waals surface area contributed by atoms with E-state index in [-0.39, 0.29) is 11.3 Å². The first-order chi connectivity index (χ1) is 10.4. The standard InChI is InChI=1S/C18H21N3O/c1-13(16-7-5-6-12-19-16)20-21-17(22)14-8-10-15(11-9-14)18(2,3)4/h5-12H,1-4H3,(H,21,22)/b20-13+. The van der Waals surface area contributed by atoms with E-state index >= 15 is 0 Å². The molecule has 4 nitrogen and oxygen atoms in total. The summed E-state index contributed by atoms with van der Waals surface area (Å²) in [4.78, 5) is 16.3. The molecule has 1 aromatic carbocycles. The van der Waals surface area contributed by atoms with Crippen molar-refractivity contribution in [2.75, 3.05) is 0 Å². The minimum atomic E-state index is -0.226. The van der Waals surface area contributed by atoms with Crippen molar-refractivity contribution in [1.29, 1.82) is 0 Å². The highest BCUT2D eigenvalue weighted by molar-refractivity contribution is 5.99. The van der Waals surface area contributed by atoms with Gasteiger partial charge in [-0.25, -0.2) is 5.43 Å². The molecule has 22 heavy (non-hydrogen) atoms. The highest BCUT2D eigenvalue weighted by Gasteiger charge is 2.14. The Labute approximate surface area is 131 Å². The summed E-state index contributed by atoms with van der Waals surface area (Å²) >= 11 is 0. The third kappa shape index (κ3) is 4.01. The van der Waals surface area contributed by atoms with Gasteiger partial charge in [0.05, 0.1) is 11.4 Å². The average molecular weight is 295 g/mol. The highest BCUT2D eigenvalue weighted by atomic mass is 16.2. The van der Waals surface area contributed by atoms with Crippen molar-refractivity contribution in [2.24, 2.45) is 5.10 Å². The lowest BCUT2D eigenvalue weighted by Gasteiger charge is -2.18. The van der Waals surface area contributed by atoms with E-state index in [0.717, 1.165) is 5.69 Å². The van der Waals surface area contributed by atoms with E-state index in [1.165, 1.54) is 5.56 Å². The second-order valence-corrected chi connectivity index (χ2v) is 6.18. The second-order valence-electron chi connectivity index (χ2n) is 6.18. The number of aromatic nitrogens is 1. The molecule has 2 aromatic rings. The van der Waals surface area contributed by atoms with Crippen LogP contribution in [-0.2, 0) is 5.41 Å². The van der Waals surface area contributed by atoms with Gasteiger partial charge in [0.25, 0.3) is 5.91 Å². The average Bonchev–Trinajstić information content (AvgIpc) is 2.52. The van der Waals surface area contributed by atoms with Crippen LogP contribution in [0.1, 0.15) is 49.3 Å². The van der Waals surface area contributed by atoms with Gasteiger partial charge in [-0.3, -0.25) is 9.78 Å². The summed E-state index contributed by atoms with van der Waals surface area (Å²) in [6.07, 6.45) is 1.70. The Morgan fingerprint density at radius 2 is 1.77 bits per heavy atom. The van der Waals surface area contributed by atoms with Crippen molar-refractivity contribution < 1.29 is 4.79 Å². The molecule has 0 spiro atoms. The zero-order chi connectivity index (χ0) is 16.2. The van der Waals surface area contributed by atoms with Gasteiger partial charge in [-0.05, 0) is 42.2 Å². The van der Waals surface area contributed by atoms with Crippen molar-refractivity contribution in [2.45, 2.75) is 33.1 Å². The molecular formula is C18H21N3O. The molecule has 114 valence electrons. The lowest BCUT2D eigenvalue weighted by atomic mass is 9.87. The number of nitrogens with one attached hydrogen (secondary N) is 1. The predicted molar refractivity (Wildman–Crippen MR) is 89.1 cm³/mol. The smallest absolute Gasteiger partial charge is 0.267 e. The Hall–Kier alpha value is -2.49. The molecule has 0 aliphatic heterocycles. The van der Waals surface area contributed by atoms with Crippen LogP contribution < -0.4 is 5.43 Å². The minimum Gasteiger partial charge on any atom is -0.267 e. The van der Waals surface area contributed by atoms with Crippen molar-refractivity contribution in [3.05, 3.63) is 65.5 Å². The number of rotatable bonds is 3. The van der Waals surface area contributed by atoms with Gasteiger partial charge in [0.2, 0.25) is 0 Å². The first-order valence-electron chi connectivity index (χ1n) is 7.24. The zero-order valence-corrected chi connectivity index (χ0v) is 13.4. The molecule has 0 aliphatic carbocycles. The molecule has 0 saturated heterocycles. The number of hydrazone groups is 1. The number of benzene rings is 1. The normalized spacial score (nSPS) is 12.1. The maximum atomic E-state index is 12.1. The van der Waals surface area contributed by atoms with Gasteiger partial charge in [-0.2, -0.15) is 5.10 Å². The number of carbonyl (C=O) groups excluding carboxylic acids is 1. The Bertz CT molecular complexity index is 668. The summed E-state index contributed by atoms with van der Waals surface area (Å²) in [5.41, 5.74) is 5.83. The number of nitrogens with zero attached hydrogens (tertiary/aromatic N) is 2. The van der Waals surface area contributed by atoms with Gasteiger partial charge in [0.15, 0.2) is 0 Å². The van der Waals surface area contributed by atoms with Crippen molar-refractivity contribution in [3.8, 4) is 0 Å². The Kier molecular flexibility index (Phi) is 4.71. The monoisotopic (exact) mass is 295 g/mol. The van der Waals surface area contributed by atoms with Gasteiger partial charge in [-0.1, -0.05) is 39.0 Å². The van der Waals surface area contributed by atoms with Crippen LogP contribution >= 0.6 is 0 Å². The molecule has 0 radical (unpaired) electrons. The molecule has 1 amide bonds. The largest absolute Gasteiger partial charge is 0.271 e. The zero-order valence-electron chi connectivity index (χ0n) is 13.4. The number of amides is 1. The molecule has 1 aromatic heterocycles. The molecule has 1 heterocycles. The maximum absolute atomic E-state index is 12.1. The van der Waals surface area contributed by atoms with E-state index in [2.05, 4.69) is 36.3 Å². The second kappa shape index (κ2) is 6.52. The van der Waals surface area contributed by atoms with E-state index < -0.39 is 0 Å². The van der Waals surface area contributed by atoms with Gasteiger partial charge in [0.1, 0.15) is 0 Å². The van der Waals surface area contributed by atoms with E-state index in [9.17, 15) is 4.79 Å². The van der Waals surface area contributed by atoms with Crippen LogP contribution in [0.25, 0.3) is 0 Å². The van der Waals surface area contributed by atoms with E-state index in [0.29, 0.717) is 11.3 Å². The summed E-state index contributed by atoms with van der Waals surface area (Å²) in [5.74, 6) is -0.226. The SMILES string of the molecule is C/C(=N\NC(=O)c1ccc(C(C)(C)C)cc1)c1ccccn1. The van der Waals surface area contributed by atoms with E-state index in [4.69, 9.17) is 0 Å². The predicted octanol–water partition coefficient (Wildman–Crippen LogP) is 3.53. The summed E-state index contributed by atoms with van der Waals surface area (Å²) in [6.45, 7) is 8.24. The third-order valence-electron chi connectivity index (χ3n) is 3.37. The van der Waals surface area contributed by atoms with Crippen LogP contribution in [0.3, 0.4) is 0 Å². The molecule has 0 aliphatic rings. The topological polar surface area (TPSA) is 54.4 Å². The Balaban J connectivity index is 2.07. The molecule has 0 fully saturated rings. The van der Waals surface area contributed by atoms with E-state index in [1.807, 2.05) is 49.4 Å². The third-order valence-corrected chi connectivity index (χ3v) is 3.37. The Morgan fingerprint density at radius 3 is 2.32 bits per heavy atom. The molecular weight excluding hydrogens is 274 g/mol. The summed E-state index contributed by atoms with van der Waals surface area (Å²) in [6, 6.07) is 13.2.